The van der Waals surface area contributed by atoms with Crippen LogP contribution in [0, 0.1) is 0 Å². The molecular weight excluding hydrogens is 764 g/mol. The van der Waals surface area contributed by atoms with E-state index in [0.717, 1.165) is 43.8 Å². The van der Waals surface area contributed by atoms with Crippen LogP contribution in [0.3, 0.4) is 0 Å². The van der Waals surface area contributed by atoms with E-state index in [4.69, 9.17) is 34.7 Å². The summed E-state index contributed by atoms with van der Waals surface area (Å²) in [5.74, 6) is 1.50. The van der Waals surface area contributed by atoms with Gasteiger partial charge in [-0.05, 0) is 71.1 Å². The Kier molecular flexibility index (Phi) is 29.2. The Morgan fingerprint density at radius 1 is 0.474 bits per heavy atom. The Morgan fingerprint density at radius 2 is 0.789 bits per heavy atom. The summed E-state index contributed by atoms with van der Waals surface area (Å²) in [7, 11) is -3.45. The zero-order valence-electron chi connectivity index (χ0n) is 39.3. The molecule has 57 heavy (non-hydrogen) atoms. The molecule has 0 saturated carbocycles. The van der Waals surface area contributed by atoms with Crippen LogP contribution >= 0.6 is 11.6 Å². The van der Waals surface area contributed by atoms with Gasteiger partial charge in [-0.1, -0.05) is 173 Å². The Bertz CT molecular complexity index is 1110. The average molecular weight is 856 g/mol. The van der Waals surface area contributed by atoms with Crippen molar-refractivity contribution in [1.82, 2.24) is 0 Å². The van der Waals surface area contributed by atoms with E-state index in [2.05, 4.69) is 83.1 Å². The van der Waals surface area contributed by atoms with Gasteiger partial charge in [0.25, 0.3) is 0 Å². The van der Waals surface area contributed by atoms with Crippen LogP contribution in [-0.2, 0) is 20.2 Å². The number of hydrogen-bond acceptors (Lipinski definition) is 6. The predicted molar refractivity (Wildman–Crippen MR) is 251 cm³/mol. The van der Waals surface area contributed by atoms with Gasteiger partial charge in [-0.25, -0.2) is 4.79 Å². The van der Waals surface area contributed by atoms with E-state index in [1.165, 1.54) is 96.3 Å². The van der Waals surface area contributed by atoms with E-state index in [1.54, 1.807) is 0 Å². The minimum Gasteiger partial charge on any atom is -0.493 e. The lowest BCUT2D eigenvalue weighted by Crippen LogP contribution is -2.47. The molecule has 0 aliphatic carbocycles. The van der Waals surface area contributed by atoms with Crippen LogP contribution < -0.4 is 9.47 Å². The zero-order valence-corrected chi connectivity index (χ0v) is 42.0. The molecule has 0 spiro atoms. The molecule has 0 atom stereocenters. The number of benzene rings is 1. The Labute approximate surface area is 360 Å². The Balaban J connectivity index is 2.25. The summed E-state index contributed by atoms with van der Waals surface area (Å²) in [5, 5.41) is 0. The normalized spacial score (nSPS) is 12.6. The molecule has 0 saturated heterocycles. The number of rotatable bonds is 36. The lowest BCUT2D eigenvalue weighted by atomic mass is 10.1. The Hall–Kier alpha value is -1.07. The fourth-order valence-electron chi connectivity index (χ4n) is 9.77. The molecule has 0 amide bonds. The molecule has 0 aliphatic rings. The summed E-state index contributed by atoms with van der Waals surface area (Å²) in [5.41, 5.74) is 3.94. The van der Waals surface area contributed by atoms with E-state index in [9.17, 15) is 4.79 Å². The molecule has 334 valence electrons. The number of hydrogen-bond donors (Lipinski definition) is 0. The van der Waals surface area contributed by atoms with Gasteiger partial charge in [-0.2, -0.15) is 0 Å². The molecule has 9 heteroatoms. The second-order valence-corrected chi connectivity index (χ2v) is 29.9. The fourth-order valence-corrected chi connectivity index (χ4v) is 20.8. The van der Waals surface area contributed by atoms with Gasteiger partial charge in [0.15, 0.2) is 16.6 Å². The largest absolute Gasteiger partial charge is 0.493 e. The van der Waals surface area contributed by atoms with Crippen molar-refractivity contribution in [2.75, 3.05) is 26.4 Å². The smallest absolute Gasteiger partial charge is 0.404 e. The minimum absolute atomic E-state index is 0.0878. The van der Waals surface area contributed by atoms with Gasteiger partial charge in [-0.15, -0.1) is 0 Å². The first-order valence-corrected chi connectivity index (χ1v) is 28.3. The van der Waals surface area contributed by atoms with Gasteiger partial charge in [-0.3, -0.25) is 0 Å². The molecule has 0 aromatic heterocycles. The molecule has 0 aliphatic heterocycles. The summed E-state index contributed by atoms with van der Waals surface area (Å²) < 4.78 is 30.8. The van der Waals surface area contributed by atoms with Crippen molar-refractivity contribution in [2.24, 2.45) is 0 Å². The first-order chi connectivity index (χ1) is 27.1. The third kappa shape index (κ3) is 20.4. The predicted octanol–water partition coefficient (Wildman–Crippen LogP) is 16.7. The maximum atomic E-state index is 11.3. The van der Waals surface area contributed by atoms with E-state index in [1.807, 2.05) is 18.2 Å². The molecule has 0 N–H and O–H groups in total. The van der Waals surface area contributed by atoms with E-state index >= 15 is 0 Å². The quantitative estimate of drug-likeness (QED) is 0.0381. The molecular formula is C48H91ClO6Si2. The van der Waals surface area contributed by atoms with Crippen LogP contribution in [0.2, 0.25) is 33.2 Å². The summed E-state index contributed by atoms with van der Waals surface area (Å²) in [6.07, 6.45) is 22.2. The van der Waals surface area contributed by atoms with Crippen molar-refractivity contribution in [2.45, 2.75) is 239 Å². The van der Waals surface area contributed by atoms with Crippen molar-refractivity contribution >= 4 is 33.7 Å². The molecule has 6 nitrogen and oxygen atoms in total. The monoisotopic (exact) mass is 855 g/mol. The molecule has 0 heterocycles. The van der Waals surface area contributed by atoms with Crippen LogP contribution in [-0.4, -0.2) is 48.5 Å². The molecule has 0 fully saturated rings. The van der Waals surface area contributed by atoms with Crippen LogP contribution in [0.15, 0.2) is 18.2 Å². The SMILES string of the molecule is CC(C)[Si](OCCCCCCCCCCCOc1ccc(COC(=O)Cl)c(OCCCCCCCCCCCO[Si](C(C)C)(C(C)C)C(C)C)c1)(C(C)C)C(C)C. The van der Waals surface area contributed by atoms with Gasteiger partial charge in [0.2, 0.25) is 0 Å². The fraction of sp³-hybridized carbons (Fsp3) is 0.854. The van der Waals surface area contributed by atoms with E-state index in [0.29, 0.717) is 52.2 Å². The molecule has 1 rings (SSSR count). The maximum absolute atomic E-state index is 11.3. The van der Waals surface area contributed by atoms with Crippen molar-refractivity contribution < 1.29 is 27.9 Å². The number of carbonyl (C=O) groups is 1. The highest BCUT2D eigenvalue weighted by Gasteiger charge is 2.45. The highest BCUT2D eigenvalue weighted by atomic mass is 35.5. The van der Waals surface area contributed by atoms with Crippen molar-refractivity contribution in [3.05, 3.63) is 23.8 Å². The van der Waals surface area contributed by atoms with Gasteiger partial charge in [0.05, 0.1) is 13.2 Å². The van der Waals surface area contributed by atoms with Gasteiger partial charge >= 0.3 is 5.43 Å². The van der Waals surface area contributed by atoms with Crippen molar-refractivity contribution in [1.29, 1.82) is 0 Å². The van der Waals surface area contributed by atoms with Crippen LogP contribution in [0.1, 0.15) is 204 Å². The van der Waals surface area contributed by atoms with Gasteiger partial charge in [0, 0.05) is 36.4 Å². The Morgan fingerprint density at radius 3 is 1.12 bits per heavy atom. The highest BCUT2D eigenvalue weighted by molar-refractivity contribution is 6.78. The van der Waals surface area contributed by atoms with E-state index in [-0.39, 0.29) is 6.61 Å². The van der Waals surface area contributed by atoms with Crippen LogP contribution in [0.5, 0.6) is 11.5 Å². The van der Waals surface area contributed by atoms with E-state index < -0.39 is 22.1 Å². The average Bonchev–Trinajstić information content (AvgIpc) is 3.13. The van der Waals surface area contributed by atoms with Crippen molar-refractivity contribution in [3.63, 3.8) is 0 Å². The summed E-state index contributed by atoms with van der Waals surface area (Å²) >= 11 is 5.46. The molecule has 0 bridgehead atoms. The summed E-state index contributed by atoms with van der Waals surface area (Å²) in [6, 6.07) is 5.77. The van der Waals surface area contributed by atoms with Gasteiger partial charge in [0.1, 0.15) is 18.1 Å². The molecule has 1 aromatic rings. The first kappa shape index (κ1) is 54.0. The zero-order chi connectivity index (χ0) is 42.7. The minimum atomic E-state index is -1.73. The number of carbonyl (C=O) groups excluding carboxylic acids is 1. The first-order valence-electron chi connectivity index (χ1n) is 23.6. The van der Waals surface area contributed by atoms with Gasteiger partial charge < -0.3 is 23.1 Å². The summed E-state index contributed by atoms with van der Waals surface area (Å²) in [4.78, 5) is 11.3. The van der Waals surface area contributed by atoms with Crippen LogP contribution in [0.4, 0.5) is 4.79 Å². The van der Waals surface area contributed by atoms with Crippen molar-refractivity contribution in [3.8, 4) is 11.5 Å². The lowest BCUT2D eigenvalue weighted by molar-refractivity contribution is 0.165. The molecule has 0 unspecified atom stereocenters. The second-order valence-electron chi connectivity index (χ2n) is 18.7. The molecule has 1 aromatic carbocycles. The summed E-state index contributed by atoms with van der Waals surface area (Å²) in [6.45, 7) is 31.7. The second kappa shape index (κ2) is 30.9. The third-order valence-electron chi connectivity index (χ3n) is 12.6. The maximum Gasteiger partial charge on any atom is 0.404 e. The standard InChI is InChI=1S/C48H91ClO6Si2/c1-39(2)56(40(3)4,41(5)6)54-35-29-25-21-17-13-15-19-23-27-33-51-46-32-31-45(38-53-48(49)50)47(37-46)52-34-28-24-20-16-14-18-22-26-30-36-55-57(42(7)8,43(9)10)44(11)12/h31-32,37,39-44H,13-30,33-36,38H2,1-12H3. The highest BCUT2D eigenvalue weighted by Crippen LogP contribution is 2.43. The number of ether oxygens (including phenoxy) is 3. The third-order valence-corrected chi connectivity index (χ3v) is 24.9. The molecule has 0 radical (unpaired) electrons. The topological polar surface area (TPSA) is 63.2 Å². The number of unbranched alkanes of at least 4 members (excludes halogenated alkanes) is 16. The van der Waals surface area contributed by atoms with Crippen LogP contribution in [0.25, 0.3) is 0 Å². The number of halogens is 1. The lowest BCUT2D eigenvalue weighted by Gasteiger charge is -2.42.